The molecule has 8 heteroatoms. The van der Waals surface area contributed by atoms with Gasteiger partial charge in [0.05, 0.1) is 10.0 Å². The Labute approximate surface area is 165 Å². The Hall–Kier alpha value is -1.63. The van der Waals surface area contributed by atoms with Crippen LogP contribution in [0.4, 0.5) is 0 Å². The topological polar surface area (TPSA) is 93.3 Å². The average Bonchev–Trinajstić information content (AvgIpc) is 3.10. The van der Waals surface area contributed by atoms with Crippen molar-refractivity contribution in [3.63, 3.8) is 0 Å². The number of aromatic nitrogens is 1. The highest BCUT2D eigenvalue weighted by molar-refractivity contribution is 7.10. The molecule has 26 heavy (non-hydrogen) atoms. The lowest BCUT2D eigenvalue weighted by molar-refractivity contribution is -0.124. The smallest absolute Gasteiger partial charge is 0.355 e. The van der Waals surface area contributed by atoms with Gasteiger partial charge in [-0.3, -0.25) is 4.79 Å². The monoisotopic (exact) mass is 412 g/mol. The van der Waals surface area contributed by atoms with Crippen molar-refractivity contribution in [3.8, 4) is 0 Å². The number of carbonyl (C=O) groups is 2. The Balaban J connectivity index is 2.29. The first kappa shape index (κ1) is 19.1. The van der Waals surface area contributed by atoms with Crippen LogP contribution in [0, 0.1) is 5.92 Å². The van der Waals surface area contributed by atoms with Gasteiger partial charge >= 0.3 is 5.97 Å². The van der Waals surface area contributed by atoms with Crippen LogP contribution in [-0.2, 0) is 10.2 Å². The van der Waals surface area contributed by atoms with Gasteiger partial charge in [0.25, 0.3) is 0 Å². The van der Waals surface area contributed by atoms with Gasteiger partial charge in [-0.1, -0.05) is 54.6 Å². The molecule has 1 aliphatic carbocycles. The molecule has 1 fully saturated rings. The molecule has 1 saturated carbocycles. The van der Waals surface area contributed by atoms with E-state index >= 15 is 0 Å². The Morgan fingerprint density at radius 1 is 1.23 bits per heavy atom. The molecule has 1 aromatic carbocycles. The predicted molar refractivity (Wildman–Crippen MR) is 102 cm³/mol. The standard InChI is InChI=1S/C18H18Cl2N2O3S/c19-12-8-4-7-11(14(12)20)18(16(21)25,10-5-2-1-3-6-10)17-22-13(9-26-17)15(23)24/h4,7-10H,1-3,5-6H2,(H2,21,25)(H,23,24). The van der Waals surface area contributed by atoms with Crippen molar-refractivity contribution in [2.75, 3.05) is 0 Å². The lowest BCUT2D eigenvalue weighted by atomic mass is 9.64. The maximum atomic E-state index is 12.9. The van der Waals surface area contributed by atoms with E-state index in [0.717, 1.165) is 43.4 Å². The number of hydrogen-bond donors (Lipinski definition) is 2. The molecule has 138 valence electrons. The van der Waals surface area contributed by atoms with Crippen molar-refractivity contribution >= 4 is 46.4 Å². The van der Waals surface area contributed by atoms with Crippen LogP contribution in [0.3, 0.4) is 0 Å². The van der Waals surface area contributed by atoms with Crippen LogP contribution < -0.4 is 5.73 Å². The molecule has 3 rings (SSSR count). The van der Waals surface area contributed by atoms with Gasteiger partial charge in [0.1, 0.15) is 10.4 Å². The van der Waals surface area contributed by atoms with E-state index in [1.165, 1.54) is 5.38 Å². The first-order chi connectivity index (χ1) is 12.4. The fourth-order valence-electron chi connectivity index (χ4n) is 3.85. The molecular formula is C18H18Cl2N2O3S. The summed E-state index contributed by atoms with van der Waals surface area (Å²) in [4.78, 5) is 28.5. The van der Waals surface area contributed by atoms with Crippen molar-refractivity contribution in [1.82, 2.24) is 4.98 Å². The molecule has 0 bridgehead atoms. The van der Waals surface area contributed by atoms with E-state index in [1.54, 1.807) is 18.2 Å². The van der Waals surface area contributed by atoms with E-state index in [9.17, 15) is 14.7 Å². The van der Waals surface area contributed by atoms with Crippen LogP contribution in [0.25, 0.3) is 0 Å². The molecule has 1 aliphatic rings. The maximum absolute atomic E-state index is 12.9. The van der Waals surface area contributed by atoms with Crippen molar-refractivity contribution in [2.24, 2.45) is 11.7 Å². The van der Waals surface area contributed by atoms with Gasteiger partial charge in [-0.2, -0.15) is 0 Å². The van der Waals surface area contributed by atoms with Gasteiger partial charge in [0, 0.05) is 5.38 Å². The second-order valence-electron chi connectivity index (χ2n) is 6.45. The lowest BCUT2D eigenvalue weighted by Gasteiger charge is -2.39. The zero-order chi connectivity index (χ0) is 18.9. The van der Waals surface area contributed by atoms with Crippen LogP contribution >= 0.6 is 34.5 Å². The summed E-state index contributed by atoms with van der Waals surface area (Å²) in [6, 6.07) is 5.09. The van der Waals surface area contributed by atoms with Gasteiger partial charge in [-0.05, 0) is 30.4 Å². The zero-order valence-corrected chi connectivity index (χ0v) is 16.2. The summed E-state index contributed by atoms with van der Waals surface area (Å²) < 4.78 is 0. The summed E-state index contributed by atoms with van der Waals surface area (Å²) >= 11 is 13.8. The minimum Gasteiger partial charge on any atom is -0.476 e. The Morgan fingerprint density at radius 3 is 2.50 bits per heavy atom. The number of rotatable bonds is 5. The summed E-state index contributed by atoms with van der Waals surface area (Å²) in [6.07, 6.45) is 4.60. The number of nitrogens with two attached hydrogens (primary N) is 1. The Kier molecular flexibility index (Phi) is 5.55. The molecule has 3 N–H and O–H groups in total. The van der Waals surface area contributed by atoms with Crippen LogP contribution in [0.15, 0.2) is 23.6 Å². The predicted octanol–water partition coefficient (Wildman–Crippen LogP) is 4.50. The minimum atomic E-state index is -1.29. The van der Waals surface area contributed by atoms with Crippen LogP contribution in [0.1, 0.15) is 53.2 Å². The Bertz CT molecular complexity index is 849. The summed E-state index contributed by atoms with van der Waals surface area (Å²) in [6.45, 7) is 0. The van der Waals surface area contributed by atoms with Crippen molar-refractivity contribution < 1.29 is 14.7 Å². The summed E-state index contributed by atoms with van der Waals surface area (Å²) in [7, 11) is 0. The molecule has 5 nitrogen and oxygen atoms in total. The quantitative estimate of drug-likeness (QED) is 0.755. The number of primary amides is 1. The third kappa shape index (κ3) is 3.10. The number of thiazole rings is 1. The summed E-state index contributed by atoms with van der Waals surface area (Å²) in [5.74, 6) is -1.84. The van der Waals surface area contributed by atoms with E-state index in [1.807, 2.05) is 0 Å². The van der Waals surface area contributed by atoms with E-state index in [4.69, 9.17) is 28.9 Å². The molecule has 1 unspecified atom stereocenters. The number of carbonyl (C=O) groups excluding carboxylic acids is 1. The van der Waals surface area contributed by atoms with Crippen molar-refractivity contribution in [2.45, 2.75) is 37.5 Å². The molecule has 0 aliphatic heterocycles. The van der Waals surface area contributed by atoms with Gasteiger partial charge in [-0.25, -0.2) is 9.78 Å². The van der Waals surface area contributed by atoms with E-state index < -0.39 is 17.3 Å². The molecule has 1 aromatic heterocycles. The third-order valence-electron chi connectivity index (χ3n) is 5.04. The van der Waals surface area contributed by atoms with Gasteiger partial charge in [0.2, 0.25) is 5.91 Å². The first-order valence-corrected chi connectivity index (χ1v) is 9.96. The number of benzene rings is 1. The molecule has 1 amide bonds. The number of hydrogen-bond acceptors (Lipinski definition) is 4. The molecule has 0 radical (unpaired) electrons. The maximum Gasteiger partial charge on any atom is 0.355 e. The highest BCUT2D eigenvalue weighted by atomic mass is 35.5. The molecule has 0 spiro atoms. The SMILES string of the molecule is NC(=O)C(c1nc(C(=O)O)cs1)(c1cccc(Cl)c1Cl)C1CCCCC1. The van der Waals surface area contributed by atoms with E-state index in [2.05, 4.69) is 4.98 Å². The van der Waals surface area contributed by atoms with E-state index in [0.29, 0.717) is 15.6 Å². The Morgan fingerprint density at radius 2 is 1.92 bits per heavy atom. The van der Waals surface area contributed by atoms with Gasteiger partial charge in [-0.15, -0.1) is 11.3 Å². The molecular weight excluding hydrogens is 395 g/mol. The van der Waals surface area contributed by atoms with Crippen LogP contribution in [-0.4, -0.2) is 22.0 Å². The highest BCUT2D eigenvalue weighted by Gasteiger charge is 2.51. The number of carboxylic acids is 1. The van der Waals surface area contributed by atoms with Crippen molar-refractivity contribution in [1.29, 1.82) is 0 Å². The second kappa shape index (κ2) is 7.55. The fourth-order valence-corrected chi connectivity index (χ4v) is 5.39. The fraction of sp³-hybridized carbons (Fsp3) is 0.389. The van der Waals surface area contributed by atoms with E-state index in [-0.39, 0.29) is 16.6 Å². The number of amides is 1. The van der Waals surface area contributed by atoms with Crippen LogP contribution in [0.2, 0.25) is 10.0 Å². The second-order valence-corrected chi connectivity index (χ2v) is 8.09. The summed E-state index contributed by atoms with van der Waals surface area (Å²) in [5.41, 5.74) is 5.05. The average molecular weight is 413 g/mol. The largest absolute Gasteiger partial charge is 0.476 e. The van der Waals surface area contributed by atoms with Gasteiger partial charge < -0.3 is 10.8 Å². The molecule has 1 atom stereocenters. The molecule has 0 saturated heterocycles. The first-order valence-electron chi connectivity index (χ1n) is 8.32. The van der Waals surface area contributed by atoms with Crippen LogP contribution in [0.5, 0.6) is 0 Å². The highest BCUT2D eigenvalue weighted by Crippen LogP contribution is 2.49. The number of carboxylic acid groups (broad SMARTS) is 1. The van der Waals surface area contributed by atoms with Gasteiger partial charge in [0.15, 0.2) is 5.69 Å². The molecule has 1 heterocycles. The number of nitrogens with zero attached hydrogens (tertiary/aromatic N) is 1. The summed E-state index contributed by atoms with van der Waals surface area (Å²) in [5, 5.41) is 11.6. The third-order valence-corrected chi connectivity index (χ3v) is 6.84. The number of halogens is 2. The molecule has 2 aromatic rings. The van der Waals surface area contributed by atoms with Crippen molar-refractivity contribution in [3.05, 3.63) is 49.9 Å². The normalized spacial score (nSPS) is 17.6. The minimum absolute atomic E-state index is 0.107. The zero-order valence-electron chi connectivity index (χ0n) is 13.9. The number of aromatic carboxylic acids is 1. The lowest BCUT2D eigenvalue weighted by Crippen LogP contribution is -2.49.